The molecule has 142 valence electrons. The first kappa shape index (κ1) is 18.4. The van der Waals surface area contributed by atoms with E-state index in [0.717, 1.165) is 25.2 Å². The highest BCUT2D eigenvalue weighted by atomic mass is 16.5. The number of nitrogens with one attached hydrogen (secondary N) is 2. The lowest BCUT2D eigenvalue weighted by molar-refractivity contribution is 0.0997. The summed E-state index contributed by atoms with van der Waals surface area (Å²) in [5.41, 5.74) is 6.02. The quantitative estimate of drug-likeness (QED) is 0.731. The number of ether oxygens (including phenoxy) is 1. The van der Waals surface area contributed by atoms with E-state index in [0.29, 0.717) is 18.0 Å². The minimum atomic E-state index is -0.622. The van der Waals surface area contributed by atoms with E-state index in [1.807, 2.05) is 0 Å². The standard InChI is InChI=1S/C18H22N6O3/c1-27-15-5-4-12(9-14(15)17(19)25)22-18(26)23-13-3-2-8-24(11-13)16-10-20-6-7-21-16/h4-7,9-10,13H,2-3,8,11H2,1H3,(H2,19,25)(H2,22,23,26). The average molecular weight is 370 g/mol. The minimum Gasteiger partial charge on any atom is -0.496 e. The normalized spacial score (nSPS) is 16.5. The number of methoxy groups -OCH3 is 1. The van der Waals surface area contributed by atoms with Crippen LogP contribution in [0.2, 0.25) is 0 Å². The highest BCUT2D eigenvalue weighted by Gasteiger charge is 2.22. The van der Waals surface area contributed by atoms with Crippen LogP contribution < -0.4 is 26.0 Å². The van der Waals surface area contributed by atoms with Gasteiger partial charge in [-0.3, -0.25) is 9.78 Å². The molecule has 0 bridgehead atoms. The number of aromatic nitrogens is 2. The van der Waals surface area contributed by atoms with Crippen LogP contribution in [0.3, 0.4) is 0 Å². The monoisotopic (exact) mass is 370 g/mol. The number of urea groups is 1. The van der Waals surface area contributed by atoms with Gasteiger partial charge >= 0.3 is 6.03 Å². The molecule has 0 spiro atoms. The first-order valence-electron chi connectivity index (χ1n) is 8.63. The Kier molecular flexibility index (Phi) is 5.70. The van der Waals surface area contributed by atoms with Crippen LogP contribution >= 0.6 is 0 Å². The number of primary amides is 1. The zero-order valence-corrected chi connectivity index (χ0v) is 15.0. The Hall–Kier alpha value is -3.36. The van der Waals surface area contributed by atoms with Crippen molar-refractivity contribution in [2.24, 2.45) is 5.73 Å². The van der Waals surface area contributed by atoms with Crippen molar-refractivity contribution in [3.05, 3.63) is 42.4 Å². The maximum Gasteiger partial charge on any atom is 0.319 e. The number of nitrogens with two attached hydrogens (primary N) is 1. The van der Waals surface area contributed by atoms with Crippen LogP contribution in [0.1, 0.15) is 23.2 Å². The molecule has 0 radical (unpaired) electrons. The summed E-state index contributed by atoms with van der Waals surface area (Å²) < 4.78 is 5.10. The molecule has 9 heteroatoms. The molecule has 1 aliphatic heterocycles. The number of amides is 3. The molecule has 1 atom stereocenters. The summed E-state index contributed by atoms with van der Waals surface area (Å²) in [6.45, 7) is 1.53. The van der Waals surface area contributed by atoms with Gasteiger partial charge in [-0.15, -0.1) is 0 Å². The molecule has 1 unspecified atom stereocenters. The highest BCUT2D eigenvalue weighted by Crippen LogP contribution is 2.22. The fraction of sp³-hybridized carbons (Fsp3) is 0.333. The lowest BCUT2D eigenvalue weighted by Gasteiger charge is -2.33. The number of anilines is 2. The molecule has 27 heavy (non-hydrogen) atoms. The van der Waals surface area contributed by atoms with Gasteiger partial charge in [-0.05, 0) is 31.0 Å². The van der Waals surface area contributed by atoms with Gasteiger partial charge in [-0.2, -0.15) is 0 Å². The van der Waals surface area contributed by atoms with Gasteiger partial charge in [-0.25, -0.2) is 9.78 Å². The summed E-state index contributed by atoms with van der Waals surface area (Å²) in [5.74, 6) is 0.536. The third-order valence-corrected chi connectivity index (χ3v) is 4.35. The Bertz CT molecular complexity index is 814. The Morgan fingerprint density at radius 3 is 2.89 bits per heavy atom. The van der Waals surface area contributed by atoms with E-state index >= 15 is 0 Å². The lowest BCUT2D eigenvalue weighted by Crippen LogP contribution is -2.49. The van der Waals surface area contributed by atoms with Crippen molar-refractivity contribution in [3.8, 4) is 5.75 Å². The van der Waals surface area contributed by atoms with Gasteiger partial charge in [0.15, 0.2) is 0 Å². The molecule has 2 aromatic rings. The average Bonchev–Trinajstić information content (AvgIpc) is 2.68. The molecule has 0 saturated carbocycles. The van der Waals surface area contributed by atoms with Crippen molar-refractivity contribution in [2.45, 2.75) is 18.9 Å². The highest BCUT2D eigenvalue weighted by molar-refractivity contribution is 5.98. The van der Waals surface area contributed by atoms with Crippen LogP contribution in [0.15, 0.2) is 36.8 Å². The third kappa shape index (κ3) is 4.63. The van der Waals surface area contributed by atoms with Crippen LogP contribution in [0.4, 0.5) is 16.3 Å². The Morgan fingerprint density at radius 2 is 2.19 bits per heavy atom. The zero-order valence-electron chi connectivity index (χ0n) is 15.0. The topological polar surface area (TPSA) is 122 Å². The number of carbonyl (C=O) groups is 2. The van der Waals surface area contributed by atoms with Crippen molar-refractivity contribution in [3.63, 3.8) is 0 Å². The zero-order chi connectivity index (χ0) is 19.2. The number of nitrogens with zero attached hydrogens (tertiary/aromatic N) is 3. The second-order valence-electron chi connectivity index (χ2n) is 6.23. The second kappa shape index (κ2) is 8.35. The van der Waals surface area contributed by atoms with Gasteiger partial charge in [0.25, 0.3) is 5.91 Å². The number of hydrogen-bond donors (Lipinski definition) is 3. The number of carbonyl (C=O) groups excluding carboxylic acids is 2. The maximum atomic E-state index is 12.3. The fourth-order valence-electron chi connectivity index (χ4n) is 3.09. The summed E-state index contributed by atoms with van der Waals surface area (Å²) in [7, 11) is 1.45. The molecular formula is C18H22N6O3. The molecule has 3 rings (SSSR count). The van der Waals surface area contributed by atoms with Crippen molar-refractivity contribution in [1.29, 1.82) is 0 Å². The van der Waals surface area contributed by atoms with Gasteiger partial charge < -0.3 is 26.0 Å². The van der Waals surface area contributed by atoms with Crippen LogP contribution in [-0.4, -0.2) is 48.1 Å². The van der Waals surface area contributed by atoms with E-state index in [9.17, 15) is 9.59 Å². The molecule has 1 fully saturated rings. The Balaban J connectivity index is 1.60. The Labute approximate surface area is 156 Å². The molecule has 1 aromatic carbocycles. The molecule has 0 aliphatic carbocycles. The largest absolute Gasteiger partial charge is 0.496 e. The number of piperidine rings is 1. The summed E-state index contributed by atoms with van der Waals surface area (Å²) in [5, 5.41) is 5.69. The molecule has 1 aromatic heterocycles. The predicted molar refractivity (Wildman–Crippen MR) is 101 cm³/mol. The summed E-state index contributed by atoms with van der Waals surface area (Å²) in [6, 6.07) is 4.37. The molecular weight excluding hydrogens is 348 g/mol. The number of rotatable bonds is 5. The van der Waals surface area contributed by atoms with Gasteiger partial charge in [0.1, 0.15) is 11.6 Å². The summed E-state index contributed by atoms with van der Waals surface area (Å²) in [6.07, 6.45) is 6.81. The van der Waals surface area contributed by atoms with E-state index < -0.39 is 5.91 Å². The van der Waals surface area contributed by atoms with Crippen LogP contribution in [0, 0.1) is 0 Å². The molecule has 4 N–H and O–H groups in total. The third-order valence-electron chi connectivity index (χ3n) is 4.35. The molecule has 9 nitrogen and oxygen atoms in total. The van der Waals surface area contributed by atoms with Crippen LogP contribution in [0.5, 0.6) is 5.75 Å². The van der Waals surface area contributed by atoms with Crippen molar-refractivity contribution >= 4 is 23.4 Å². The second-order valence-corrected chi connectivity index (χ2v) is 6.23. The molecule has 3 amide bonds. The number of benzene rings is 1. The summed E-state index contributed by atoms with van der Waals surface area (Å²) in [4.78, 5) is 34.3. The first-order chi connectivity index (χ1) is 13.1. The molecule has 1 saturated heterocycles. The van der Waals surface area contributed by atoms with E-state index in [4.69, 9.17) is 10.5 Å². The minimum absolute atomic E-state index is 0.0189. The van der Waals surface area contributed by atoms with Crippen molar-refractivity contribution < 1.29 is 14.3 Å². The van der Waals surface area contributed by atoms with E-state index in [-0.39, 0.29) is 17.6 Å². The molecule has 1 aliphatic rings. The van der Waals surface area contributed by atoms with Gasteiger partial charge in [0.2, 0.25) is 0 Å². The smallest absolute Gasteiger partial charge is 0.319 e. The van der Waals surface area contributed by atoms with Gasteiger partial charge in [-0.1, -0.05) is 0 Å². The summed E-state index contributed by atoms with van der Waals surface area (Å²) >= 11 is 0. The lowest BCUT2D eigenvalue weighted by atomic mass is 10.1. The SMILES string of the molecule is COc1ccc(NC(=O)NC2CCCN(c3cnccn3)C2)cc1C(N)=O. The predicted octanol–water partition coefficient (Wildman–Crippen LogP) is 1.37. The Morgan fingerprint density at radius 1 is 1.33 bits per heavy atom. The molecule has 2 heterocycles. The maximum absolute atomic E-state index is 12.3. The van der Waals surface area contributed by atoms with Gasteiger partial charge in [0, 0.05) is 37.2 Å². The van der Waals surface area contributed by atoms with Crippen LogP contribution in [-0.2, 0) is 0 Å². The first-order valence-corrected chi connectivity index (χ1v) is 8.63. The van der Waals surface area contributed by atoms with E-state index in [2.05, 4.69) is 25.5 Å². The van der Waals surface area contributed by atoms with Crippen molar-refractivity contribution in [2.75, 3.05) is 30.4 Å². The number of hydrogen-bond acceptors (Lipinski definition) is 6. The van der Waals surface area contributed by atoms with E-state index in [1.54, 1.807) is 30.7 Å². The van der Waals surface area contributed by atoms with E-state index in [1.165, 1.54) is 13.2 Å². The fourth-order valence-corrected chi connectivity index (χ4v) is 3.09. The van der Waals surface area contributed by atoms with Gasteiger partial charge in [0.05, 0.1) is 18.9 Å². The van der Waals surface area contributed by atoms with Crippen LogP contribution in [0.25, 0.3) is 0 Å². The van der Waals surface area contributed by atoms with Crippen molar-refractivity contribution in [1.82, 2.24) is 15.3 Å².